The fourth-order valence-electron chi connectivity index (χ4n) is 1.15. The zero-order chi connectivity index (χ0) is 7.40. The van der Waals surface area contributed by atoms with Crippen LogP contribution in [-0.2, 0) is 9.47 Å². The molecule has 1 aliphatic rings. The van der Waals surface area contributed by atoms with Gasteiger partial charge in [0.15, 0.2) is 0 Å². The summed E-state index contributed by atoms with van der Waals surface area (Å²) in [7, 11) is 1.71. The van der Waals surface area contributed by atoms with E-state index in [2.05, 4.69) is 12.2 Å². The summed E-state index contributed by atoms with van der Waals surface area (Å²) >= 11 is 0. The zero-order valence-corrected chi connectivity index (χ0v) is 7.82. The van der Waals surface area contributed by atoms with Crippen LogP contribution in [0.2, 0.25) is 0 Å². The maximum Gasteiger partial charge on any atom is 0.0723 e. The first-order chi connectivity index (χ1) is 4.84. The lowest BCUT2D eigenvalue weighted by atomic mass is 10.2. The van der Waals surface area contributed by atoms with Crippen molar-refractivity contribution < 1.29 is 9.47 Å². The minimum atomic E-state index is 0. The van der Waals surface area contributed by atoms with Crippen molar-refractivity contribution in [1.82, 2.24) is 5.32 Å². The number of hydrogen-bond donors (Lipinski definition) is 1. The van der Waals surface area contributed by atoms with Gasteiger partial charge in [-0.25, -0.2) is 0 Å². The van der Waals surface area contributed by atoms with Crippen LogP contribution in [0.5, 0.6) is 0 Å². The molecule has 0 saturated carbocycles. The van der Waals surface area contributed by atoms with E-state index in [1.807, 2.05) is 0 Å². The van der Waals surface area contributed by atoms with Crippen molar-refractivity contribution in [2.24, 2.45) is 0 Å². The van der Waals surface area contributed by atoms with Gasteiger partial charge in [-0.05, 0) is 6.92 Å². The minimum Gasteiger partial charge on any atom is -0.383 e. The largest absolute Gasteiger partial charge is 0.383 e. The normalized spacial score (nSPS) is 31.1. The van der Waals surface area contributed by atoms with Crippen molar-refractivity contribution >= 4 is 12.4 Å². The topological polar surface area (TPSA) is 30.5 Å². The highest BCUT2D eigenvalue weighted by atomic mass is 35.5. The van der Waals surface area contributed by atoms with Crippen LogP contribution in [0.1, 0.15) is 6.92 Å². The summed E-state index contributed by atoms with van der Waals surface area (Å²) < 4.78 is 10.4. The summed E-state index contributed by atoms with van der Waals surface area (Å²) in [5, 5.41) is 3.32. The summed E-state index contributed by atoms with van der Waals surface area (Å²) in [6.07, 6.45) is 0.286. The molecule has 0 aromatic carbocycles. The Morgan fingerprint density at radius 2 is 2.36 bits per heavy atom. The molecule has 11 heavy (non-hydrogen) atoms. The fraction of sp³-hybridized carbons (Fsp3) is 1.00. The molecule has 1 N–H and O–H groups in total. The van der Waals surface area contributed by atoms with Gasteiger partial charge in [0, 0.05) is 13.7 Å². The van der Waals surface area contributed by atoms with Gasteiger partial charge in [0.25, 0.3) is 0 Å². The minimum absolute atomic E-state index is 0. The van der Waals surface area contributed by atoms with E-state index in [4.69, 9.17) is 9.47 Å². The lowest BCUT2D eigenvalue weighted by Crippen LogP contribution is -2.49. The highest BCUT2D eigenvalue weighted by Crippen LogP contribution is 2.03. The number of ether oxygens (including phenoxy) is 2. The Kier molecular flexibility index (Phi) is 5.86. The van der Waals surface area contributed by atoms with Gasteiger partial charge in [-0.1, -0.05) is 0 Å². The summed E-state index contributed by atoms with van der Waals surface area (Å²) in [6.45, 7) is 4.57. The van der Waals surface area contributed by atoms with E-state index >= 15 is 0 Å². The van der Waals surface area contributed by atoms with Gasteiger partial charge in [0.1, 0.15) is 0 Å². The van der Waals surface area contributed by atoms with Gasteiger partial charge in [0.05, 0.1) is 25.4 Å². The average molecular weight is 182 g/mol. The van der Waals surface area contributed by atoms with E-state index in [1.165, 1.54) is 0 Å². The van der Waals surface area contributed by atoms with Gasteiger partial charge < -0.3 is 14.8 Å². The number of rotatable bonds is 2. The van der Waals surface area contributed by atoms with E-state index < -0.39 is 0 Å². The first-order valence-electron chi connectivity index (χ1n) is 3.68. The number of methoxy groups -OCH3 is 1. The van der Waals surface area contributed by atoms with Gasteiger partial charge in [-0.2, -0.15) is 0 Å². The summed E-state index contributed by atoms with van der Waals surface area (Å²) in [6, 6.07) is 0.374. The van der Waals surface area contributed by atoms with Crippen molar-refractivity contribution in [2.45, 2.75) is 19.1 Å². The summed E-state index contributed by atoms with van der Waals surface area (Å²) in [4.78, 5) is 0. The second kappa shape index (κ2) is 5.77. The van der Waals surface area contributed by atoms with Crippen LogP contribution < -0.4 is 5.32 Å². The molecular formula is C7H16ClNO2. The summed E-state index contributed by atoms with van der Waals surface area (Å²) in [5.41, 5.74) is 0. The molecule has 3 nitrogen and oxygen atoms in total. The average Bonchev–Trinajstić information content (AvgIpc) is 1.94. The Hall–Kier alpha value is 0.170. The molecule has 2 atom stereocenters. The third-order valence-corrected chi connectivity index (χ3v) is 1.80. The quantitative estimate of drug-likeness (QED) is 0.671. The second-order valence-corrected chi connectivity index (χ2v) is 2.59. The molecule has 0 radical (unpaired) electrons. The van der Waals surface area contributed by atoms with Gasteiger partial charge in [-0.3, -0.25) is 0 Å². The molecule has 0 aromatic heterocycles. The Morgan fingerprint density at radius 1 is 1.64 bits per heavy atom. The van der Waals surface area contributed by atoms with E-state index in [-0.39, 0.29) is 18.5 Å². The number of morpholine rings is 1. The number of halogens is 1. The maximum absolute atomic E-state index is 5.40. The van der Waals surface area contributed by atoms with Crippen molar-refractivity contribution in [3.05, 3.63) is 0 Å². The van der Waals surface area contributed by atoms with Crippen molar-refractivity contribution in [2.75, 3.05) is 26.9 Å². The van der Waals surface area contributed by atoms with Crippen molar-refractivity contribution in [3.63, 3.8) is 0 Å². The highest BCUT2D eigenvalue weighted by molar-refractivity contribution is 5.85. The van der Waals surface area contributed by atoms with Crippen LogP contribution in [0.4, 0.5) is 0 Å². The molecular weight excluding hydrogens is 166 g/mol. The predicted octanol–water partition coefficient (Wildman–Crippen LogP) is 0.432. The third-order valence-electron chi connectivity index (χ3n) is 1.80. The first kappa shape index (κ1) is 11.2. The van der Waals surface area contributed by atoms with E-state index in [0.29, 0.717) is 6.04 Å². The smallest absolute Gasteiger partial charge is 0.0723 e. The third kappa shape index (κ3) is 3.38. The zero-order valence-electron chi connectivity index (χ0n) is 7.00. The molecule has 1 rings (SSSR count). The Labute approximate surface area is 73.9 Å². The fourth-order valence-corrected chi connectivity index (χ4v) is 1.15. The monoisotopic (exact) mass is 181 g/mol. The molecule has 0 bridgehead atoms. The molecule has 1 heterocycles. The molecule has 1 aliphatic heterocycles. The van der Waals surface area contributed by atoms with Gasteiger partial charge in [0.2, 0.25) is 0 Å². The van der Waals surface area contributed by atoms with Crippen LogP contribution in [0.15, 0.2) is 0 Å². The number of hydrogen-bond acceptors (Lipinski definition) is 3. The van der Waals surface area contributed by atoms with Crippen LogP contribution in [0.25, 0.3) is 0 Å². The highest BCUT2D eigenvalue weighted by Gasteiger charge is 2.20. The Morgan fingerprint density at radius 3 is 2.91 bits per heavy atom. The van der Waals surface area contributed by atoms with E-state index in [0.717, 1.165) is 19.8 Å². The van der Waals surface area contributed by atoms with Crippen LogP contribution in [0, 0.1) is 0 Å². The lowest BCUT2D eigenvalue weighted by molar-refractivity contribution is -0.0149. The molecule has 68 valence electrons. The predicted molar refractivity (Wildman–Crippen MR) is 46.3 cm³/mol. The van der Waals surface area contributed by atoms with Crippen molar-refractivity contribution in [1.29, 1.82) is 0 Å². The number of nitrogens with one attached hydrogen (secondary N) is 1. The van der Waals surface area contributed by atoms with Gasteiger partial charge >= 0.3 is 0 Å². The van der Waals surface area contributed by atoms with Gasteiger partial charge in [-0.15, -0.1) is 12.4 Å². The molecule has 4 heteroatoms. The molecule has 0 aliphatic carbocycles. The molecule has 0 aromatic rings. The lowest BCUT2D eigenvalue weighted by Gasteiger charge is -2.29. The summed E-state index contributed by atoms with van der Waals surface area (Å²) in [5.74, 6) is 0. The van der Waals surface area contributed by atoms with Crippen LogP contribution >= 0.6 is 12.4 Å². The van der Waals surface area contributed by atoms with E-state index in [9.17, 15) is 0 Å². The van der Waals surface area contributed by atoms with Crippen LogP contribution in [0.3, 0.4) is 0 Å². The first-order valence-corrected chi connectivity index (χ1v) is 3.68. The van der Waals surface area contributed by atoms with Crippen LogP contribution in [-0.4, -0.2) is 39.0 Å². The standard InChI is InChI=1S/C7H15NO2.ClH/c1-6-7(5-9-2)8-3-4-10-6;/h6-8H,3-5H2,1-2H3;1H. The second-order valence-electron chi connectivity index (χ2n) is 2.59. The molecule has 0 amide bonds. The van der Waals surface area contributed by atoms with Crippen molar-refractivity contribution in [3.8, 4) is 0 Å². The molecule has 2 unspecified atom stereocenters. The van der Waals surface area contributed by atoms with E-state index in [1.54, 1.807) is 7.11 Å². The molecule has 0 spiro atoms. The SMILES string of the molecule is COCC1NCCOC1C.Cl. The molecule has 1 saturated heterocycles. The maximum atomic E-state index is 5.40. The Bertz CT molecular complexity index is 100. The Balaban J connectivity index is 0.000001000. The molecule has 1 fully saturated rings.